The summed E-state index contributed by atoms with van der Waals surface area (Å²) in [4.78, 5) is 10.1. The van der Waals surface area contributed by atoms with Gasteiger partial charge in [-0.2, -0.15) is 0 Å². The number of aliphatic carboxylic acids is 1. The van der Waals surface area contributed by atoms with E-state index in [9.17, 15) is 9.90 Å². The van der Waals surface area contributed by atoms with Gasteiger partial charge in [-0.25, -0.2) is 0 Å². The molecule has 0 unspecified atom stereocenters. The SMILES string of the molecule is O=C([O-])CNc1ccccc1Cl. The van der Waals surface area contributed by atoms with Gasteiger partial charge in [-0.05, 0) is 12.1 Å². The predicted molar refractivity (Wildman–Crippen MR) is 44.9 cm³/mol. The number of hydrogen-bond donors (Lipinski definition) is 1. The topological polar surface area (TPSA) is 52.2 Å². The van der Waals surface area contributed by atoms with Crippen LogP contribution in [-0.2, 0) is 4.79 Å². The van der Waals surface area contributed by atoms with Gasteiger partial charge in [-0.15, -0.1) is 0 Å². The molecule has 1 N–H and O–H groups in total. The van der Waals surface area contributed by atoms with Crippen molar-refractivity contribution >= 4 is 23.3 Å². The molecule has 0 aliphatic rings. The summed E-state index contributed by atoms with van der Waals surface area (Å²) in [7, 11) is 0. The van der Waals surface area contributed by atoms with Crippen LogP contribution in [0.1, 0.15) is 0 Å². The second-order valence-electron chi connectivity index (χ2n) is 2.21. The van der Waals surface area contributed by atoms with Crippen molar-refractivity contribution in [1.82, 2.24) is 0 Å². The molecule has 0 amide bonds. The molecule has 1 aromatic rings. The molecule has 4 heteroatoms. The van der Waals surface area contributed by atoms with Crippen molar-refractivity contribution in [2.45, 2.75) is 0 Å². The fourth-order valence-electron chi connectivity index (χ4n) is 0.772. The summed E-state index contributed by atoms with van der Waals surface area (Å²) in [6.07, 6.45) is 0. The van der Waals surface area contributed by atoms with Crippen LogP contribution < -0.4 is 10.4 Å². The first kappa shape index (κ1) is 8.87. The van der Waals surface area contributed by atoms with E-state index in [1.807, 2.05) is 0 Å². The first-order valence-corrected chi connectivity index (χ1v) is 3.76. The number of rotatable bonds is 3. The Morgan fingerprint density at radius 1 is 1.50 bits per heavy atom. The van der Waals surface area contributed by atoms with Gasteiger partial charge in [0.05, 0.1) is 23.2 Å². The van der Waals surface area contributed by atoms with Crippen LogP contribution in [0.2, 0.25) is 5.02 Å². The first-order chi connectivity index (χ1) is 5.70. The summed E-state index contributed by atoms with van der Waals surface area (Å²) in [5.74, 6) is -1.16. The zero-order valence-corrected chi connectivity index (χ0v) is 6.97. The number of benzene rings is 1. The van der Waals surface area contributed by atoms with Crippen LogP contribution in [0.15, 0.2) is 24.3 Å². The van der Waals surface area contributed by atoms with Gasteiger partial charge >= 0.3 is 0 Å². The Morgan fingerprint density at radius 3 is 2.75 bits per heavy atom. The van der Waals surface area contributed by atoms with E-state index in [-0.39, 0.29) is 6.54 Å². The number of carbonyl (C=O) groups excluding carboxylic acids is 1. The fraction of sp³-hybridized carbons (Fsp3) is 0.125. The zero-order valence-electron chi connectivity index (χ0n) is 6.21. The van der Waals surface area contributed by atoms with Crippen molar-refractivity contribution < 1.29 is 9.90 Å². The number of anilines is 1. The Morgan fingerprint density at radius 2 is 2.17 bits per heavy atom. The highest BCUT2D eigenvalue weighted by molar-refractivity contribution is 6.33. The second-order valence-corrected chi connectivity index (χ2v) is 2.61. The van der Waals surface area contributed by atoms with Crippen molar-refractivity contribution in [2.24, 2.45) is 0 Å². The van der Waals surface area contributed by atoms with E-state index in [2.05, 4.69) is 5.32 Å². The van der Waals surface area contributed by atoms with Gasteiger partial charge in [0.15, 0.2) is 0 Å². The third-order valence-electron chi connectivity index (χ3n) is 1.30. The Bertz CT molecular complexity index is 288. The van der Waals surface area contributed by atoms with Gasteiger partial charge in [-0.1, -0.05) is 23.7 Å². The lowest BCUT2D eigenvalue weighted by Gasteiger charge is -2.07. The molecule has 0 aliphatic carbocycles. The van der Waals surface area contributed by atoms with E-state index in [1.54, 1.807) is 24.3 Å². The molecule has 0 saturated carbocycles. The number of carbonyl (C=O) groups is 1. The molecule has 0 aromatic heterocycles. The van der Waals surface area contributed by atoms with Crippen molar-refractivity contribution in [3.8, 4) is 0 Å². The third-order valence-corrected chi connectivity index (χ3v) is 1.63. The maximum absolute atomic E-state index is 10.1. The monoisotopic (exact) mass is 184 g/mol. The Kier molecular flexibility index (Phi) is 2.94. The average molecular weight is 185 g/mol. The Balaban J connectivity index is 2.63. The number of para-hydroxylation sites is 1. The number of halogens is 1. The zero-order chi connectivity index (χ0) is 8.97. The highest BCUT2D eigenvalue weighted by Crippen LogP contribution is 2.19. The van der Waals surface area contributed by atoms with Gasteiger partial charge in [0.2, 0.25) is 0 Å². The molecule has 12 heavy (non-hydrogen) atoms. The Labute approximate surface area is 75.0 Å². The molecule has 1 rings (SSSR count). The molecule has 0 spiro atoms. The lowest BCUT2D eigenvalue weighted by Crippen LogP contribution is -2.30. The van der Waals surface area contributed by atoms with Gasteiger partial charge in [0.25, 0.3) is 0 Å². The number of hydrogen-bond acceptors (Lipinski definition) is 3. The molecular weight excluding hydrogens is 178 g/mol. The highest BCUT2D eigenvalue weighted by Gasteiger charge is 1.95. The van der Waals surface area contributed by atoms with E-state index in [0.717, 1.165) is 0 Å². The number of carboxylic acids is 1. The van der Waals surface area contributed by atoms with Crippen LogP contribution in [0.3, 0.4) is 0 Å². The lowest BCUT2D eigenvalue weighted by molar-refractivity contribution is -0.302. The normalized spacial score (nSPS) is 9.42. The smallest absolute Gasteiger partial charge is 0.0637 e. The summed E-state index contributed by atoms with van der Waals surface area (Å²) in [5, 5.41) is 13.2. The molecule has 0 radical (unpaired) electrons. The van der Waals surface area contributed by atoms with Gasteiger partial charge in [0, 0.05) is 0 Å². The summed E-state index contributed by atoms with van der Waals surface area (Å²) in [6.45, 7) is -0.232. The molecule has 0 aliphatic heterocycles. The minimum absolute atomic E-state index is 0.232. The maximum Gasteiger partial charge on any atom is 0.0637 e. The Hall–Kier alpha value is -1.22. The van der Waals surface area contributed by atoms with E-state index in [4.69, 9.17) is 11.6 Å². The van der Waals surface area contributed by atoms with Crippen LogP contribution in [0.5, 0.6) is 0 Å². The number of carboxylic acid groups (broad SMARTS) is 1. The molecule has 1 aromatic carbocycles. The molecule has 0 fully saturated rings. The van der Waals surface area contributed by atoms with Crippen molar-refractivity contribution in [3.05, 3.63) is 29.3 Å². The van der Waals surface area contributed by atoms with Crippen LogP contribution in [0.25, 0.3) is 0 Å². The minimum atomic E-state index is -1.16. The van der Waals surface area contributed by atoms with E-state index >= 15 is 0 Å². The molecule has 0 saturated heterocycles. The highest BCUT2D eigenvalue weighted by atomic mass is 35.5. The van der Waals surface area contributed by atoms with E-state index in [1.165, 1.54) is 0 Å². The largest absolute Gasteiger partial charge is 0.548 e. The maximum atomic E-state index is 10.1. The van der Waals surface area contributed by atoms with Crippen LogP contribution in [0.4, 0.5) is 5.69 Å². The quantitative estimate of drug-likeness (QED) is 0.745. The lowest BCUT2D eigenvalue weighted by atomic mass is 10.3. The molecule has 0 atom stereocenters. The third kappa shape index (κ3) is 2.43. The summed E-state index contributed by atoms with van der Waals surface area (Å²) >= 11 is 5.73. The van der Waals surface area contributed by atoms with Gasteiger partial charge in [0.1, 0.15) is 0 Å². The summed E-state index contributed by atoms with van der Waals surface area (Å²) < 4.78 is 0. The molecule has 3 nitrogen and oxygen atoms in total. The van der Waals surface area contributed by atoms with E-state index in [0.29, 0.717) is 10.7 Å². The van der Waals surface area contributed by atoms with Gasteiger partial charge in [-0.3, -0.25) is 0 Å². The van der Waals surface area contributed by atoms with Crippen LogP contribution in [0, 0.1) is 0 Å². The standard InChI is InChI=1S/C8H8ClNO2/c9-6-3-1-2-4-7(6)10-5-8(11)12/h1-4,10H,5H2,(H,11,12)/p-1. The minimum Gasteiger partial charge on any atom is -0.548 e. The summed E-state index contributed by atoms with van der Waals surface area (Å²) in [6, 6.07) is 6.92. The average Bonchev–Trinajstić information content (AvgIpc) is 2.03. The fourth-order valence-corrected chi connectivity index (χ4v) is 0.975. The van der Waals surface area contributed by atoms with Crippen molar-refractivity contribution in [1.29, 1.82) is 0 Å². The first-order valence-electron chi connectivity index (χ1n) is 3.38. The van der Waals surface area contributed by atoms with E-state index < -0.39 is 5.97 Å². The van der Waals surface area contributed by atoms with Crippen molar-refractivity contribution in [2.75, 3.05) is 11.9 Å². The molecule has 0 bridgehead atoms. The van der Waals surface area contributed by atoms with Crippen LogP contribution in [-0.4, -0.2) is 12.5 Å². The van der Waals surface area contributed by atoms with Gasteiger partial charge < -0.3 is 15.2 Å². The summed E-state index contributed by atoms with van der Waals surface area (Å²) in [5.41, 5.74) is 0.600. The molecule has 64 valence electrons. The molecule has 0 heterocycles. The molecular formula is C8H7ClNO2-. The van der Waals surface area contributed by atoms with Crippen LogP contribution >= 0.6 is 11.6 Å². The second kappa shape index (κ2) is 3.97. The predicted octanol–water partition coefficient (Wildman–Crippen LogP) is 0.502. The van der Waals surface area contributed by atoms with Crippen molar-refractivity contribution in [3.63, 3.8) is 0 Å². The number of nitrogens with one attached hydrogen (secondary N) is 1.